The van der Waals surface area contributed by atoms with E-state index in [-0.39, 0.29) is 0 Å². The zero-order valence-electron chi connectivity index (χ0n) is 8.59. The highest BCUT2D eigenvalue weighted by Gasteiger charge is 2.17. The smallest absolute Gasteiger partial charge is 0.128 e. The third-order valence-electron chi connectivity index (χ3n) is 2.77. The van der Waals surface area contributed by atoms with Crippen molar-refractivity contribution < 1.29 is 0 Å². The first kappa shape index (κ1) is 9.46. The summed E-state index contributed by atoms with van der Waals surface area (Å²) in [6.07, 6.45) is 5.55. The summed E-state index contributed by atoms with van der Waals surface area (Å²) >= 11 is 0. The minimum Gasteiger partial charge on any atom is -0.383 e. The molecule has 14 heavy (non-hydrogen) atoms. The maximum Gasteiger partial charge on any atom is 0.128 e. The fraction of sp³-hybridized carbons (Fsp3) is 0.545. The van der Waals surface area contributed by atoms with Gasteiger partial charge in [0.25, 0.3) is 0 Å². The molecule has 0 saturated carbocycles. The van der Waals surface area contributed by atoms with Crippen molar-refractivity contribution in [2.75, 3.05) is 12.3 Å². The lowest BCUT2D eigenvalue weighted by molar-refractivity contribution is 0.412. The molecule has 3 heteroatoms. The molecule has 0 radical (unpaired) electrons. The van der Waals surface area contributed by atoms with E-state index in [4.69, 9.17) is 5.73 Å². The Hall–Kier alpha value is -1.09. The van der Waals surface area contributed by atoms with Gasteiger partial charge in [-0.1, -0.05) is 6.42 Å². The zero-order chi connectivity index (χ0) is 9.97. The number of aryl methyl sites for hydroxylation is 1. The standard InChI is InChI=1S/C11H17N3/c1-8-6-9(11(12)14-7-8)10-4-2-3-5-13-10/h6-7,10,13H,2-5H2,1H3,(H2,12,14). The minimum atomic E-state index is 0.413. The Morgan fingerprint density at radius 2 is 2.36 bits per heavy atom. The van der Waals surface area contributed by atoms with E-state index in [2.05, 4.69) is 23.3 Å². The van der Waals surface area contributed by atoms with Gasteiger partial charge in [-0.25, -0.2) is 4.98 Å². The van der Waals surface area contributed by atoms with Crippen LogP contribution in [0.3, 0.4) is 0 Å². The Labute approximate surface area is 84.7 Å². The Morgan fingerprint density at radius 1 is 1.50 bits per heavy atom. The SMILES string of the molecule is Cc1cnc(N)c(C2CCCCN2)c1. The van der Waals surface area contributed by atoms with Crippen molar-refractivity contribution >= 4 is 5.82 Å². The molecule has 2 rings (SSSR count). The normalized spacial score (nSPS) is 22.2. The number of nitrogens with zero attached hydrogens (tertiary/aromatic N) is 1. The van der Waals surface area contributed by atoms with Gasteiger partial charge in [-0.3, -0.25) is 0 Å². The van der Waals surface area contributed by atoms with Gasteiger partial charge in [-0.15, -0.1) is 0 Å². The lowest BCUT2D eigenvalue weighted by Gasteiger charge is -2.24. The number of hydrogen-bond acceptors (Lipinski definition) is 3. The van der Waals surface area contributed by atoms with E-state index < -0.39 is 0 Å². The number of pyridine rings is 1. The van der Waals surface area contributed by atoms with Crippen LogP contribution in [0.25, 0.3) is 0 Å². The lowest BCUT2D eigenvalue weighted by atomic mass is 9.97. The molecule has 0 bridgehead atoms. The van der Waals surface area contributed by atoms with E-state index in [0.29, 0.717) is 11.9 Å². The summed E-state index contributed by atoms with van der Waals surface area (Å²) in [6.45, 7) is 3.15. The fourth-order valence-electron chi connectivity index (χ4n) is 2.00. The maximum absolute atomic E-state index is 5.87. The van der Waals surface area contributed by atoms with E-state index >= 15 is 0 Å². The van der Waals surface area contributed by atoms with Crippen molar-refractivity contribution in [3.63, 3.8) is 0 Å². The Morgan fingerprint density at radius 3 is 3.07 bits per heavy atom. The molecule has 1 saturated heterocycles. The Bertz CT molecular complexity index is 316. The summed E-state index contributed by atoms with van der Waals surface area (Å²) in [5.74, 6) is 0.676. The number of piperidine rings is 1. The number of nitrogens with two attached hydrogens (primary N) is 1. The average Bonchev–Trinajstić information content (AvgIpc) is 2.23. The van der Waals surface area contributed by atoms with Crippen LogP contribution in [0.1, 0.15) is 36.4 Å². The predicted molar refractivity (Wildman–Crippen MR) is 58.0 cm³/mol. The second-order valence-corrected chi connectivity index (χ2v) is 3.99. The van der Waals surface area contributed by atoms with Crippen molar-refractivity contribution in [3.8, 4) is 0 Å². The molecule has 0 aromatic carbocycles. The number of nitrogens with one attached hydrogen (secondary N) is 1. The summed E-state index contributed by atoms with van der Waals surface area (Å²) in [5.41, 5.74) is 8.22. The molecule has 1 atom stereocenters. The first-order valence-electron chi connectivity index (χ1n) is 5.23. The van der Waals surface area contributed by atoms with Gasteiger partial charge in [0.1, 0.15) is 5.82 Å². The highest BCUT2D eigenvalue weighted by Crippen LogP contribution is 2.26. The molecule has 76 valence electrons. The highest BCUT2D eigenvalue weighted by molar-refractivity contribution is 5.43. The lowest BCUT2D eigenvalue weighted by Crippen LogP contribution is -2.27. The average molecular weight is 191 g/mol. The monoisotopic (exact) mass is 191 g/mol. The van der Waals surface area contributed by atoms with Crippen LogP contribution in [0.2, 0.25) is 0 Å². The van der Waals surface area contributed by atoms with Crippen molar-refractivity contribution in [2.24, 2.45) is 0 Å². The van der Waals surface area contributed by atoms with Crippen LogP contribution in [0.5, 0.6) is 0 Å². The first-order valence-corrected chi connectivity index (χ1v) is 5.23. The summed E-state index contributed by atoms with van der Waals surface area (Å²) < 4.78 is 0. The largest absolute Gasteiger partial charge is 0.383 e. The number of rotatable bonds is 1. The molecule has 3 N–H and O–H groups in total. The molecular formula is C11H17N3. The highest BCUT2D eigenvalue weighted by atomic mass is 14.9. The predicted octanol–water partition coefficient (Wildman–Crippen LogP) is 1.79. The maximum atomic E-state index is 5.87. The molecule has 1 unspecified atom stereocenters. The van der Waals surface area contributed by atoms with E-state index in [9.17, 15) is 0 Å². The van der Waals surface area contributed by atoms with Gasteiger partial charge < -0.3 is 11.1 Å². The molecule has 3 nitrogen and oxygen atoms in total. The van der Waals surface area contributed by atoms with Crippen LogP contribution < -0.4 is 11.1 Å². The molecule has 1 aromatic heterocycles. The summed E-state index contributed by atoms with van der Waals surface area (Å²) in [7, 11) is 0. The molecule has 0 amide bonds. The third-order valence-corrected chi connectivity index (χ3v) is 2.77. The summed E-state index contributed by atoms with van der Waals surface area (Å²) in [6, 6.07) is 2.56. The van der Waals surface area contributed by atoms with Crippen LogP contribution in [-0.2, 0) is 0 Å². The molecule has 1 fully saturated rings. The topological polar surface area (TPSA) is 50.9 Å². The summed E-state index contributed by atoms with van der Waals surface area (Å²) in [5, 5.41) is 3.48. The molecular weight excluding hydrogens is 174 g/mol. The number of hydrogen-bond donors (Lipinski definition) is 2. The molecule has 1 aliphatic heterocycles. The van der Waals surface area contributed by atoms with Gasteiger partial charge in [0, 0.05) is 17.8 Å². The molecule has 1 aromatic rings. The van der Waals surface area contributed by atoms with Crippen LogP contribution in [0, 0.1) is 6.92 Å². The zero-order valence-corrected chi connectivity index (χ0v) is 8.59. The van der Waals surface area contributed by atoms with Crippen molar-refractivity contribution in [1.29, 1.82) is 0 Å². The second-order valence-electron chi connectivity index (χ2n) is 3.99. The number of anilines is 1. The molecule has 2 heterocycles. The Balaban J connectivity index is 2.24. The molecule has 0 spiro atoms. The molecule has 1 aliphatic rings. The van der Waals surface area contributed by atoms with Crippen molar-refractivity contribution in [1.82, 2.24) is 10.3 Å². The van der Waals surface area contributed by atoms with Crippen LogP contribution in [-0.4, -0.2) is 11.5 Å². The van der Waals surface area contributed by atoms with Gasteiger partial charge >= 0.3 is 0 Å². The van der Waals surface area contributed by atoms with E-state index in [1.165, 1.54) is 30.4 Å². The van der Waals surface area contributed by atoms with Crippen LogP contribution >= 0.6 is 0 Å². The fourth-order valence-corrected chi connectivity index (χ4v) is 2.00. The quantitative estimate of drug-likeness (QED) is 0.711. The second kappa shape index (κ2) is 3.96. The van der Waals surface area contributed by atoms with E-state index in [0.717, 1.165) is 6.54 Å². The van der Waals surface area contributed by atoms with Crippen molar-refractivity contribution in [3.05, 3.63) is 23.4 Å². The summed E-state index contributed by atoms with van der Waals surface area (Å²) in [4.78, 5) is 4.19. The number of aromatic nitrogens is 1. The van der Waals surface area contributed by atoms with E-state index in [1.807, 2.05) is 6.20 Å². The van der Waals surface area contributed by atoms with Gasteiger partial charge in [-0.05, 0) is 37.9 Å². The first-order chi connectivity index (χ1) is 6.77. The van der Waals surface area contributed by atoms with E-state index in [1.54, 1.807) is 0 Å². The van der Waals surface area contributed by atoms with Gasteiger partial charge in [0.2, 0.25) is 0 Å². The van der Waals surface area contributed by atoms with Gasteiger partial charge in [0.05, 0.1) is 0 Å². The Kier molecular flexibility index (Phi) is 2.68. The van der Waals surface area contributed by atoms with Gasteiger partial charge in [0.15, 0.2) is 0 Å². The van der Waals surface area contributed by atoms with Gasteiger partial charge in [-0.2, -0.15) is 0 Å². The van der Waals surface area contributed by atoms with Crippen LogP contribution in [0.4, 0.5) is 5.82 Å². The van der Waals surface area contributed by atoms with Crippen molar-refractivity contribution in [2.45, 2.75) is 32.2 Å². The third kappa shape index (κ3) is 1.87. The minimum absolute atomic E-state index is 0.413. The number of nitrogen functional groups attached to an aromatic ring is 1. The molecule has 0 aliphatic carbocycles. The van der Waals surface area contributed by atoms with Crippen LogP contribution in [0.15, 0.2) is 12.3 Å².